The fourth-order valence-corrected chi connectivity index (χ4v) is 4.79. The first-order valence-electron chi connectivity index (χ1n) is 11.9. The normalized spacial score (nSPS) is 14.4. The van der Waals surface area contributed by atoms with Crippen LogP contribution < -0.4 is 24.8 Å². The lowest BCUT2D eigenvalue weighted by Crippen LogP contribution is -2.31. The minimum Gasteiger partial charge on any atom is -0.493 e. The molecular weight excluding hydrogens is 541 g/mol. The molecule has 0 bridgehead atoms. The van der Waals surface area contributed by atoms with Crippen molar-refractivity contribution in [3.8, 4) is 28.6 Å². The Balaban J connectivity index is 1.68. The number of halogens is 2. The summed E-state index contributed by atoms with van der Waals surface area (Å²) >= 11 is 12.4. The van der Waals surface area contributed by atoms with E-state index in [4.69, 9.17) is 47.5 Å². The molecule has 0 aliphatic carbocycles. The second kappa shape index (κ2) is 10.9. The Hall–Kier alpha value is -4.21. The number of para-hydroxylation sites is 1. The molecule has 3 aromatic carbocycles. The van der Waals surface area contributed by atoms with E-state index in [0.717, 1.165) is 0 Å². The van der Waals surface area contributed by atoms with Crippen LogP contribution >= 0.6 is 23.2 Å². The summed E-state index contributed by atoms with van der Waals surface area (Å²) in [5.74, 6) is 1.87. The molecule has 1 unspecified atom stereocenters. The summed E-state index contributed by atoms with van der Waals surface area (Å²) in [5, 5.41) is 11.8. The second-order valence-corrected chi connectivity index (χ2v) is 9.49. The van der Waals surface area contributed by atoms with Gasteiger partial charge in [0.2, 0.25) is 11.7 Å². The van der Waals surface area contributed by atoms with Gasteiger partial charge in [-0.25, -0.2) is 4.68 Å². The zero-order valence-electron chi connectivity index (χ0n) is 21.6. The molecule has 1 atom stereocenters. The summed E-state index contributed by atoms with van der Waals surface area (Å²) in [6, 6.07) is 17.3. The molecule has 0 fully saturated rings. The molecule has 0 saturated carbocycles. The maximum Gasteiger partial charge on any atom is 0.255 e. The SMILES string of the molecule is COc1cc(C2C(C(=O)Nc3ccccc3)=C(C)Nc3nc(-c4ccc(Cl)c(Cl)c4)nn32)cc(OC)c1OC. The molecule has 200 valence electrons. The Morgan fingerprint density at radius 1 is 0.949 bits per heavy atom. The van der Waals surface area contributed by atoms with Crippen molar-refractivity contribution in [2.75, 3.05) is 32.0 Å². The van der Waals surface area contributed by atoms with Crippen LogP contribution in [0.1, 0.15) is 18.5 Å². The fourth-order valence-electron chi connectivity index (χ4n) is 4.49. The predicted molar refractivity (Wildman–Crippen MR) is 151 cm³/mol. The van der Waals surface area contributed by atoms with E-state index in [1.54, 1.807) is 35.0 Å². The first kappa shape index (κ1) is 26.4. The van der Waals surface area contributed by atoms with E-state index in [2.05, 4.69) is 10.6 Å². The third-order valence-electron chi connectivity index (χ3n) is 6.31. The number of carbonyl (C=O) groups excluding carboxylic acids is 1. The van der Waals surface area contributed by atoms with Crippen LogP contribution in [0.15, 0.2) is 71.9 Å². The maximum absolute atomic E-state index is 13.8. The molecular formula is C28H25Cl2N5O4. The number of methoxy groups -OCH3 is 3. The minimum absolute atomic E-state index is 0.304. The number of carbonyl (C=O) groups is 1. The number of hydrogen-bond acceptors (Lipinski definition) is 7. The van der Waals surface area contributed by atoms with Crippen molar-refractivity contribution >= 4 is 40.7 Å². The van der Waals surface area contributed by atoms with Crippen LogP contribution in [0.25, 0.3) is 11.4 Å². The highest BCUT2D eigenvalue weighted by Gasteiger charge is 2.36. The lowest BCUT2D eigenvalue weighted by molar-refractivity contribution is -0.113. The molecule has 9 nitrogen and oxygen atoms in total. The van der Waals surface area contributed by atoms with E-state index < -0.39 is 6.04 Å². The third-order valence-corrected chi connectivity index (χ3v) is 7.05. The van der Waals surface area contributed by atoms with E-state index in [1.807, 2.05) is 37.3 Å². The molecule has 1 amide bonds. The van der Waals surface area contributed by atoms with Crippen molar-refractivity contribution < 1.29 is 19.0 Å². The van der Waals surface area contributed by atoms with Crippen LogP contribution in [-0.2, 0) is 4.79 Å². The smallest absolute Gasteiger partial charge is 0.255 e. The van der Waals surface area contributed by atoms with E-state index in [1.165, 1.54) is 21.3 Å². The average molecular weight is 566 g/mol. The standard InChI is InChI=1S/C28H25Cl2N5O4/c1-15-23(27(36)32-18-8-6-5-7-9-18)24(17-13-21(37-2)25(39-4)22(14-17)38-3)35-28(31-15)33-26(34-35)16-10-11-19(29)20(30)12-16/h5-14,24H,1-4H3,(H,32,36)(H,31,33,34). The van der Waals surface area contributed by atoms with E-state index in [9.17, 15) is 4.79 Å². The number of aromatic nitrogens is 3. The molecule has 2 heterocycles. The van der Waals surface area contributed by atoms with Crippen molar-refractivity contribution in [1.29, 1.82) is 0 Å². The van der Waals surface area contributed by atoms with Gasteiger partial charge < -0.3 is 24.8 Å². The highest BCUT2D eigenvalue weighted by atomic mass is 35.5. The van der Waals surface area contributed by atoms with Crippen LogP contribution in [0, 0.1) is 0 Å². The van der Waals surface area contributed by atoms with Gasteiger partial charge >= 0.3 is 0 Å². The van der Waals surface area contributed by atoms with Gasteiger partial charge in [-0.15, -0.1) is 5.10 Å². The Morgan fingerprint density at radius 2 is 1.64 bits per heavy atom. The fraction of sp³-hybridized carbons (Fsp3) is 0.179. The lowest BCUT2D eigenvalue weighted by atomic mass is 9.94. The van der Waals surface area contributed by atoms with Gasteiger partial charge in [0, 0.05) is 16.9 Å². The first-order chi connectivity index (χ1) is 18.8. The predicted octanol–water partition coefficient (Wildman–Crippen LogP) is 6.21. The van der Waals surface area contributed by atoms with Gasteiger partial charge in [-0.1, -0.05) is 41.4 Å². The minimum atomic E-state index is -0.692. The van der Waals surface area contributed by atoms with Gasteiger partial charge in [0.05, 0.1) is 36.9 Å². The van der Waals surface area contributed by atoms with Crippen LogP contribution in [0.2, 0.25) is 10.0 Å². The topological polar surface area (TPSA) is 99.5 Å². The van der Waals surface area contributed by atoms with Crippen LogP contribution in [0.5, 0.6) is 17.2 Å². The van der Waals surface area contributed by atoms with Crippen LogP contribution in [0.3, 0.4) is 0 Å². The van der Waals surface area contributed by atoms with Gasteiger partial charge in [-0.3, -0.25) is 4.79 Å². The zero-order chi connectivity index (χ0) is 27.7. The van der Waals surface area contributed by atoms with Gasteiger partial charge in [0.1, 0.15) is 6.04 Å². The quantitative estimate of drug-likeness (QED) is 0.275. The molecule has 4 aromatic rings. The average Bonchev–Trinajstić information content (AvgIpc) is 3.36. The van der Waals surface area contributed by atoms with Gasteiger partial charge in [-0.05, 0) is 55.0 Å². The highest BCUT2D eigenvalue weighted by molar-refractivity contribution is 6.42. The van der Waals surface area contributed by atoms with Crippen molar-refractivity contribution in [2.24, 2.45) is 0 Å². The number of nitrogens with one attached hydrogen (secondary N) is 2. The Morgan fingerprint density at radius 3 is 2.26 bits per heavy atom. The van der Waals surface area contributed by atoms with Gasteiger partial charge in [0.15, 0.2) is 17.3 Å². The van der Waals surface area contributed by atoms with E-state index >= 15 is 0 Å². The summed E-state index contributed by atoms with van der Waals surface area (Å²) in [7, 11) is 4.61. The number of fused-ring (bicyclic) bond motifs is 1. The van der Waals surface area contributed by atoms with Crippen molar-refractivity contribution in [3.05, 3.63) is 87.5 Å². The number of amides is 1. The van der Waals surface area contributed by atoms with E-state index in [0.29, 0.717) is 67.2 Å². The summed E-state index contributed by atoms with van der Waals surface area (Å²) in [6.07, 6.45) is 0. The Kier molecular flexibility index (Phi) is 7.36. The Bertz CT molecular complexity index is 1560. The number of allylic oxidation sites excluding steroid dienone is 1. The van der Waals surface area contributed by atoms with Crippen molar-refractivity contribution in [2.45, 2.75) is 13.0 Å². The molecule has 1 aliphatic heterocycles. The molecule has 39 heavy (non-hydrogen) atoms. The van der Waals surface area contributed by atoms with Crippen LogP contribution in [-0.4, -0.2) is 42.0 Å². The number of benzene rings is 3. The lowest BCUT2D eigenvalue weighted by Gasteiger charge is -2.29. The molecule has 0 radical (unpaired) electrons. The maximum atomic E-state index is 13.8. The molecule has 1 aromatic heterocycles. The zero-order valence-corrected chi connectivity index (χ0v) is 23.1. The molecule has 0 saturated heterocycles. The first-order valence-corrected chi connectivity index (χ1v) is 12.7. The summed E-state index contributed by atoms with van der Waals surface area (Å²) in [6.45, 7) is 1.82. The summed E-state index contributed by atoms with van der Waals surface area (Å²) < 4.78 is 18.4. The number of rotatable bonds is 7. The molecule has 11 heteroatoms. The van der Waals surface area contributed by atoms with Crippen molar-refractivity contribution in [1.82, 2.24) is 14.8 Å². The van der Waals surface area contributed by atoms with Crippen LogP contribution in [0.4, 0.5) is 11.6 Å². The second-order valence-electron chi connectivity index (χ2n) is 8.68. The number of hydrogen-bond donors (Lipinski definition) is 2. The van der Waals surface area contributed by atoms with Gasteiger partial charge in [0.25, 0.3) is 5.91 Å². The summed E-state index contributed by atoms with van der Waals surface area (Å²) in [4.78, 5) is 18.5. The largest absolute Gasteiger partial charge is 0.493 e. The molecule has 0 spiro atoms. The number of ether oxygens (including phenoxy) is 3. The number of anilines is 2. The molecule has 5 rings (SSSR count). The summed E-state index contributed by atoms with van der Waals surface area (Å²) in [5.41, 5.74) is 3.06. The highest BCUT2D eigenvalue weighted by Crippen LogP contribution is 2.44. The number of nitrogens with zero attached hydrogens (tertiary/aromatic N) is 3. The molecule has 1 aliphatic rings. The Labute approximate surface area is 235 Å². The monoisotopic (exact) mass is 565 g/mol. The molecule has 2 N–H and O–H groups in total. The van der Waals surface area contributed by atoms with Gasteiger partial charge in [-0.2, -0.15) is 4.98 Å². The van der Waals surface area contributed by atoms with E-state index in [-0.39, 0.29) is 5.91 Å². The third kappa shape index (κ3) is 4.98. The van der Waals surface area contributed by atoms with Crippen molar-refractivity contribution in [3.63, 3.8) is 0 Å².